The molecular formula is C22H29N3O5S2. The molecule has 10 heteroatoms. The number of amides is 2. The highest BCUT2D eigenvalue weighted by Crippen LogP contribution is 2.34. The van der Waals surface area contributed by atoms with Crippen molar-refractivity contribution < 1.29 is 23.8 Å². The van der Waals surface area contributed by atoms with E-state index in [1.807, 2.05) is 23.2 Å². The fourth-order valence-corrected chi connectivity index (χ4v) is 4.73. The highest BCUT2D eigenvalue weighted by Gasteiger charge is 2.31. The molecule has 2 aliphatic heterocycles. The molecule has 2 saturated heterocycles. The van der Waals surface area contributed by atoms with Crippen LogP contribution >= 0.6 is 24.0 Å². The number of carbonyl (C=O) groups is 2. The standard InChI is InChI=1S/C22H29N3O5S2/c1-28-17-8-7-16(14-18(17)29-2)15-19-21(27)25(22(31)32-19)9-5-3-4-6-20(26)23-24-10-12-30-13-11-24/h7-8,14-15H,3-6,9-13H2,1-2H3,(H,23,26). The molecule has 0 bridgehead atoms. The normalized spacial score (nSPS) is 18.3. The van der Waals surface area contributed by atoms with Gasteiger partial charge in [-0.25, -0.2) is 5.01 Å². The largest absolute Gasteiger partial charge is 0.493 e. The molecule has 0 unspecified atom stereocenters. The van der Waals surface area contributed by atoms with Gasteiger partial charge in [-0.3, -0.25) is 19.9 Å². The third kappa shape index (κ3) is 6.68. The van der Waals surface area contributed by atoms with Crippen LogP contribution < -0.4 is 14.9 Å². The van der Waals surface area contributed by atoms with Gasteiger partial charge in [-0.15, -0.1) is 0 Å². The second-order valence-electron chi connectivity index (χ2n) is 7.39. The predicted molar refractivity (Wildman–Crippen MR) is 128 cm³/mol. The van der Waals surface area contributed by atoms with Crippen LogP contribution in [0.1, 0.15) is 31.2 Å². The molecule has 1 aromatic carbocycles. The number of ether oxygens (including phenoxy) is 3. The number of benzene rings is 1. The minimum Gasteiger partial charge on any atom is -0.493 e. The number of nitrogens with one attached hydrogen (secondary N) is 1. The van der Waals surface area contributed by atoms with E-state index in [2.05, 4.69) is 5.43 Å². The number of hydrogen-bond donors (Lipinski definition) is 1. The van der Waals surface area contributed by atoms with Crippen LogP contribution in [-0.2, 0) is 14.3 Å². The minimum atomic E-state index is -0.0835. The highest BCUT2D eigenvalue weighted by molar-refractivity contribution is 8.26. The number of hydrogen-bond acceptors (Lipinski definition) is 8. The molecule has 0 saturated carbocycles. The van der Waals surface area contributed by atoms with Gasteiger partial charge in [0, 0.05) is 26.1 Å². The Bertz CT molecular complexity index is 871. The monoisotopic (exact) mass is 479 g/mol. The van der Waals surface area contributed by atoms with Crippen molar-refractivity contribution in [3.05, 3.63) is 28.7 Å². The Morgan fingerprint density at radius 1 is 1.19 bits per heavy atom. The summed E-state index contributed by atoms with van der Waals surface area (Å²) in [5.74, 6) is 1.18. The molecule has 0 radical (unpaired) electrons. The van der Waals surface area contributed by atoms with Crippen LogP contribution in [0.3, 0.4) is 0 Å². The minimum absolute atomic E-state index is 0.0235. The summed E-state index contributed by atoms with van der Waals surface area (Å²) in [6.45, 7) is 3.28. The smallest absolute Gasteiger partial charge is 0.266 e. The number of thiocarbonyl (C=S) groups is 1. The number of rotatable bonds is 10. The van der Waals surface area contributed by atoms with Gasteiger partial charge in [0.25, 0.3) is 5.91 Å². The molecule has 8 nitrogen and oxygen atoms in total. The van der Waals surface area contributed by atoms with E-state index in [1.165, 1.54) is 11.8 Å². The molecule has 0 atom stereocenters. The van der Waals surface area contributed by atoms with Crippen LogP contribution in [0.2, 0.25) is 0 Å². The molecular weight excluding hydrogens is 450 g/mol. The lowest BCUT2D eigenvalue weighted by atomic mass is 10.1. The predicted octanol–water partition coefficient (Wildman–Crippen LogP) is 2.83. The van der Waals surface area contributed by atoms with Crippen LogP contribution in [0.25, 0.3) is 6.08 Å². The zero-order chi connectivity index (χ0) is 22.9. The van der Waals surface area contributed by atoms with Gasteiger partial charge in [-0.2, -0.15) is 0 Å². The number of methoxy groups -OCH3 is 2. The molecule has 0 aliphatic carbocycles. The number of nitrogens with zero attached hydrogens (tertiary/aromatic N) is 2. The molecule has 2 fully saturated rings. The zero-order valence-corrected chi connectivity index (χ0v) is 20.1. The Hall–Kier alpha value is -2.14. The van der Waals surface area contributed by atoms with E-state index in [0.29, 0.717) is 46.9 Å². The summed E-state index contributed by atoms with van der Waals surface area (Å²) in [5.41, 5.74) is 3.75. The van der Waals surface area contributed by atoms with Crippen LogP contribution in [0.5, 0.6) is 11.5 Å². The van der Waals surface area contributed by atoms with Gasteiger partial charge in [0.1, 0.15) is 4.32 Å². The Morgan fingerprint density at radius 3 is 2.66 bits per heavy atom. The number of hydrazine groups is 1. The van der Waals surface area contributed by atoms with E-state index in [9.17, 15) is 9.59 Å². The molecule has 1 aromatic rings. The van der Waals surface area contributed by atoms with Gasteiger partial charge < -0.3 is 14.2 Å². The van der Waals surface area contributed by atoms with E-state index < -0.39 is 0 Å². The fraction of sp³-hybridized carbons (Fsp3) is 0.500. The Balaban J connectivity index is 1.44. The molecule has 32 heavy (non-hydrogen) atoms. The topological polar surface area (TPSA) is 80.3 Å². The Labute approximate surface area is 198 Å². The van der Waals surface area contributed by atoms with E-state index in [-0.39, 0.29) is 11.8 Å². The third-order valence-corrected chi connectivity index (χ3v) is 6.54. The molecule has 1 N–H and O–H groups in total. The van der Waals surface area contributed by atoms with E-state index >= 15 is 0 Å². The number of morpholine rings is 1. The maximum atomic E-state index is 12.8. The lowest BCUT2D eigenvalue weighted by Crippen LogP contribution is -2.48. The Kier molecular flexibility index (Phi) is 9.34. The maximum absolute atomic E-state index is 12.8. The van der Waals surface area contributed by atoms with Gasteiger partial charge in [-0.1, -0.05) is 36.5 Å². The molecule has 2 aliphatic rings. The lowest BCUT2D eigenvalue weighted by Gasteiger charge is -2.26. The van der Waals surface area contributed by atoms with Crippen molar-refractivity contribution in [2.75, 3.05) is 47.1 Å². The molecule has 0 aromatic heterocycles. The van der Waals surface area contributed by atoms with Gasteiger partial charge >= 0.3 is 0 Å². The van der Waals surface area contributed by atoms with Crippen LogP contribution in [0, 0.1) is 0 Å². The van der Waals surface area contributed by atoms with Crippen molar-refractivity contribution in [1.82, 2.24) is 15.3 Å². The van der Waals surface area contributed by atoms with Gasteiger partial charge in [-0.05, 0) is 36.6 Å². The van der Waals surface area contributed by atoms with Gasteiger partial charge in [0.05, 0.1) is 32.3 Å². The van der Waals surface area contributed by atoms with E-state index in [4.69, 9.17) is 26.4 Å². The number of thioether (sulfide) groups is 1. The van der Waals surface area contributed by atoms with Gasteiger partial charge in [0.2, 0.25) is 5.91 Å². The van der Waals surface area contributed by atoms with Crippen molar-refractivity contribution in [1.29, 1.82) is 0 Å². The van der Waals surface area contributed by atoms with Crippen molar-refractivity contribution in [3.63, 3.8) is 0 Å². The number of carbonyl (C=O) groups excluding carboxylic acids is 2. The van der Waals surface area contributed by atoms with Crippen molar-refractivity contribution in [2.45, 2.75) is 25.7 Å². The first-order chi connectivity index (χ1) is 15.5. The fourth-order valence-electron chi connectivity index (χ4n) is 3.43. The van der Waals surface area contributed by atoms with Gasteiger partial charge in [0.15, 0.2) is 11.5 Å². The average Bonchev–Trinajstić information content (AvgIpc) is 3.06. The first-order valence-electron chi connectivity index (χ1n) is 10.6. The average molecular weight is 480 g/mol. The summed E-state index contributed by atoms with van der Waals surface area (Å²) in [5, 5.41) is 1.90. The lowest BCUT2D eigenvalue weighted by molar-refractivity contribution is -0.128. The summed E-state index contributed by atoms with van der Waals surface area (Å²) in [6.07, 6.45) is 4.70. The summed E-state index contributed by atoms with van der Waals surface area (Å²) >= 11 is 6.72. The molecule has 2 heterocycles. The maximum Gasteiger partial charge on any atom is 0.266 e. The highest BCUT2D eigenvalue weighted by atomic mass is 32.2. The number of unbranched alkanes of at least 4 members (excludes halogenated alkanes) is 2. The third-order valence-electron chi connectivity index (χ3n) is 5.16. The molecule has 0 spiro atoms. The van der Waals surface area contributed by atoms with Crippen molar-refractivity contribution in [2.24, 2.45) is 0 Å². The Morgan fingerprint density at radius 2 is 1.94 bits per heavy atom. The summed E-state index contributed by atoms with van der Waals surface area (Å²) in [4.78, 5) is 27.1. The summed E-state index contributed by atoms with van der Waals surface area (Å²) in [6, 6.07) is 5.50. The van der Waals surface area contributed by atoms with Crippen LogP contribution in [0.4, 0.5) is 0 Å². The second-order valence-corrected chi connectivity index (χ2v) is 9.07. The first-order valence-corrected chi connectivity index (χ1v) is 11.8. The van der Waals surface area contributed by atoms with E-state index in [1.54, 1.807) is 25.2 Å². The second kappa shape index (κ2) is 12.2. The quantitative estimate of drug-likeness (QED) is 0.312. The molecule has 2 amide bonds. The molecule has 174 valence electrons. The molecule has 3 rings (SSSR count). The SMILES string of the molecule is COc1ccc(C=C2SC(=S)N(CCCCCC(=O)NN3CCOCC3)C2=O)cc1OC. The zero-order valence-electron chi connectivity index (χ0n) is 18.4. The van der Waals surface area contributed by atoms with E-state index in [0.717, 1.165) is 37.9 Å². The van der Waals surface area contributed by atoms with Crippen molar-refractivity contribution in [3.8, 4) is 11.5 Å². The first kappa shape index (κ1) is 24.5. The van der Waals surface area contributed by atoms with Crippen molar-refractivity contribution >= 4 is 46.2 Å². The van der Waals surface area contributed by atoms with Crippen LogP contribution in [0.15, 0.2) is 23.1 Å². The van der Waals surface area contributed by atoms with Crippen LogP contribution in [-0.4, -0.2) is 73.1 Å². The summed E-state index contributed by atoms with van der Waals surface area (Å²) in [7, 11) is 3.16. The summed E-state index contributed by atoms with van der Waals surface area (Å²) < 4.78 is 16.4.